The molecule has 3 heteroatoms. The molecule has 0 aliphatic rings. The zero-order chi connectivity index (χ0) is 14.4. The van der Waals surface area contributed by atoms with Crippen molar-refractivity contribution < 1.29 is 0 Å². The van der Waals surface area contributed by atoms with Crippen LogP contribution in [0.3, 0.4) is 0 Å². The predicted molar refractivity (Wildman–Crippen MR) is 81.6 cm³/mol. The van der Waals surface area contributed by atoms with Gasteiger partial charge in [0.25, 0.3) is 0 Å². The molecule has 0 spiro atoms. The zero-order valence-electron chi connectivity index (χ0n) is 13.3. The van der Waals surface area contributed by atoms with Crippen LogP contribution >= 0.6 is 0 Å². The summed E-state index contributed by atoms with van der Waals surface area (Å²) in [5.74, 6) is 1.78. The number of nitrogens with one attached hydrogen (secondary N) is 1. The lowest BCUT2D eigenvalue weighted by Crippen LogP contribution is -2.34. The van der Waals surface area contributed by atoms with Crippen molar-refractivity contribution in [3.8, 4) is 0 Å². The van der Waals surface area contributed by atoms with Gasteiger partial charge in [0.1, 0.15) is 5.82 Å². The number of aromatic nitrogens is 2. The van der Waals surface area contributed by atoms with Crippen molar-refractivity contribution in [2.75, 3.05) is 6.54 Å². The third-order valence-corrected chi connectivity index (χ3v) is 3.57. The van der Waals surface area contributed by atoms with Crippen LogP contribution in [0.1, 0.15) is 76.5 Å². The Balaban J connectivity index is 2.93. The van der Waals surface area contributed by atoms with Crippen molar-refractivity contribution in [1.29, 1.82) is 0 Å². The normalized spacial score (nSPS) is 14.7. The lowest BCUT2D eigenvalue weighted by atomic mass is 9.95. The Bertz CT molecular complexity index is 388. The first-order valence-electron chi connectivity index (χ1n) is 7.58. The molecule has 0 radical (unpaired) electrons. The first-order chi connectivity index (χ1) is 8.99. The van der Waals surface area contributed by atoms with Gasteiger partial charge in [0.15, 0.2) is 0 Å². The minimum absolute atomic E-state index is 0.384. The average Bonchev–Trinajstić information content (AvgIpc) is 2.38. The highest BCUT2D eigenvalue weighted by Crippen LogP contribution is 2.22. The third-order valence-electron chi connectivity index (χ3n) is 3.57. The zero-order valence-corrected chi connectivity index (χ0v) is 13.3. The van der Waals surface area contributed by atoms with Gasteiger partial charge in [0.05, 0.1) is 0 Å². The van der Waals surface area contributed by atoms with Gasteiger partial charge in [-0.1, -0.05) is 34.6 Å². The molecule has 0 aromatic carbocycles. The van der Waals surface area contributed by atoms with E-state index in [0.717, 1.165) is 24.5 Å². The van der Waals surface area contributed by atoms with Crippen molar-refractivity contribution in [2.45, 2.75) is 72.3 Å². The molecule has 1 aromatic rings. The summed E-state index contributed by atoms with van der Waals surface area (Å²) in [6.45, 7) is 14.1. The number of aryl methyl sites for hydroxylation is 1. The van der Waals surface area contributed by atoms with Crippen molar-refractivity contribution in [3.05, 3.63) is 23.3 Å². The molecule has 2 unspecified atom stereocenters. The fraction of sp³-hybridized carbons (Fsp3) is 0.750. The second-order valence-electron chi connectivity index (χ2n) is 5.70. The summed E-state index contributed by atoms with van der Waals surface area (Å²) in [7, 11) is 0. The summed E-state index contributed by atoms with van der Waals surface area (Å²) < 4.78 is 0. The summed E-state index contributed by atoms with van der Waals surface area (Å²) in [6, 6.07) is 2.63. The van der Waals surface area contributed by atoms with Crippen LogP contribution < -0.4 is 5.32 Å². The molecule has 3 nitrogen and oxygen atoms in total. The van der Waals surface area contributed by atoms with E-state index in [9.17, 15) is 0 Å². The predicted octanol–water partition coefficient (Wildman–Crippen LogP) is 3.79. The fourth-order valence-corrected chi connectivity index (χ4v) is 2.32. The van der Waals surface area contributed by atoms with Crippen molar-refractivity contribution >= 4 is 0 Å². The molecular weight excluding hydrogens is 234 g/mol. The van der Waals surface area contributed by atoms with Crippen LogP contribution in [-0.2, 0) is 0 Å². The van der Waals surface area contributed by atoms with Gasteiger partial charge in [0.2, 0.25) is 0 Å². The number of rotatable bonds is 7. The highest BCUT2D eigenvalue weighted by atomic mass is 14.9. The summed E-state index contributed by atoms with van der Waals surface area (Å²) in [5.41, 5.74) is 2.25. The molecule has 0 aliphatic heterocycles. The lowest BCUT2D eigenvalue weighted by Gasteiger charge is -2.24. The highest BCUT2D eigenvalue weighted by Gasteiger charge is 2.19. The van der Waals surface area contributed by atoms with Gasteiger partial charge in [-0.05, 0) is 32.4 Å². The van der Waals surface area contributed by atoms with E-state index in [2.05, 4.69) is 57.9 Å². The van der Waals surface area contributed by atoms with Gasteiger partial charge in [-0.3, -0.25) is 0 Å². The van der Waals surface area contributed by atoms with Crippen LogP contribution in [0.25, 0.3) is 0 Å². The molecular formula is C16H29N3. The fourth-order valence-electron chi connectivity index (χ4n) is 2.32. The Morgan fingerprint density at radius 2 is 1.84 bits per heavy atom. The monoisotopic (exact) mass is 263 g/mol. The SMILES string of the molecule is CCCNC(CC)C(C)c1cc(C)nc(C(C)C)n1. The minimum atomic E-state index is 0.384. The van der Waals surface area contributed by atoms with Crippen LogP contribution in [0.4, 0.5) is 0 Å². The molecule has 1 heterocycles. The van der Waals surface area contributed by atoms with E-state index in [1.165, 1.54) is 12.1 Å². The third kappa shape index (κ3) is 4.57. The highest BCUT2D eigenvalue weighted by molar-refractivity contribution is 5.16. The first kappa shape index (κ1) is 16.1. The smallest absolute Gasteiger partial charge is 0.131 e. The van der Waals surface area contributed by atoms with Crippen LogP contribution in [0.15, 0.2) is 6.07 Å². The summed E-state index contributed by atoms with van der Waals surface area (Å²) >= 11 is 0. The maximum absolute atomic E-state index is 4.76. The van der Waals surface area contributed by atoms with Gasteiger partial charge < -0.3 is 5.32 Å². The van der Waals surface area contributed by atoms with Crippen molar-refractivity contribution in [1.82, 2.24) is 15.3 Å². The molecule has 0 aliphatic carbocycles. The van der Waals surface area contributed by atoms with E-state index >= 15 is 0 Å². The Morgan fingerprint density at radius 1 is 1.16 bits per heavy atom. The summed E-state index contributed by atoms with van der Waals surface area (Å²) in [5, 5.41) is 3.63. The number of hydrogen-bond acceptors (Lipinski definition) is 3. The molecule has 0 bridgehead atoms. The quantitative estimate of drug-likeness (QED) is 0.813. The summed E-state index contributed by atoms with van der Waals surface area (Å²) in [4.78, 5) is 9.29. The molecule has 108 valence electrons. The Hall–Kier alpha value is -0.960. The Labute approximate surface area is 118 Å². The number of nitrogens with zero attached hydrogens (tertiary/aromatic N) is 2. The standard InChI is InChI=1S/C16H29N3/c1-7-9-17-14(8-2)13(6)15-10-12(5)18-16(19-15)11(3)4/h10-11,13-14,17H,7-9H2,1-6H3. The topological polar surface area (TPSA) is 37.8 Å². The average molecular weight is 263 g/mol. The van der Waals surface area contributed by atoms with Crippen LogP contribution in [0, 0.1) is 6.92 Å². The van der Waals surface area contributed by atoms with Gasteiger partial charge in [0, 0.05) is 29.3 Å². The molecule has 19 heavy (non-hydrogen) atoms. The van der Waals surface area contributed by atoms with Gasteiger partial charge in [-0.15, -0.1) is 0 Å². The maximum Gasteiger partial charge on any atom is 0.131 e. The first-order valence-corrected chi connectivity index (χ1v) is 7.58. The molecule has 1 aromatic heterocycles. The largest absolute Gasteiger partial charge is 0.313 e. The maximum atomic E-state index is 4.76. The molecule has 2 atom stereocenters. The minimum Gasteiger partial charge on any atom is -0.313 e. The van der Waals surface area contributed by atoms with E-state index in [-0.39, 0.29) is 0 Å². The van der Waals surface area contributed by atoms with Crippen LogP contribution in [0.2, 0.25) is 0 Å². The molecule has 0 fully saturated rings. The molecule has 1 N–H and O–H groups in total. The number of hydrogen-bond donors (Lipinski definition) is 1. The van der Waals surface area contributed by atoms with E-state index in [1.54, 1.807) is 0 Å². The van der Waals surface area contributed by atoms with E-state index in [0.29, 0.717) is 17.9 Å². The van der Waals surface area contributed by atoms with Gasteiger partial charge in [-0.25, -0.2) is 9.97 Å². The van der Waals surface area contributed by atoms with E-state index in [4.69, 9.17) is 4.98 Å². The second kappa shape index (κ2) is 7.59. The summed E-state index contributed by atoms with van der Waals surface area (Å²) in [6.07, 6.45) is 2.30. The van der Waals surface area contributed by atoms with Crippen molar-refractivity contribution in [2.24, 2.45) is 0 Å². The lowest BCUT2D eigenvalue weighted by molar-refractivity contribution is 0.431. The Morgan fingerprint density at radius 3 is 2.37 bits per heavy atom. The molecule has 1 rings (SSSR count). The van der Waals surface area contributed by atoms with E-state index < -0.39 is 0 Å². The van der Waals surface area contributed by atoms with E-state index in [1.807, 2.05) is 0 Å². The Kier molecular flexibility index (Phi) is 6.43. The molecule has 0 saturated carbocycles. The van der Waals surface area contributed by atoms with Crippen LogP contribution in [0.5, 0.6) is 0 Å². The van der Waals surface area contributed by atoms with Crippen molar-refractivity contribution in [3.63, 3.8) is 0 Å². The van der Waals surface area contributed by atoms with Gasteiger partial charge in [-0.2, -0.15) is 0 Å². The molecule has 0 saturated heterocycles. The van der Waals surface area contributed by atoms with Gasteiger partial charge >= 0.3 is 0 Å². The molecule has 0 amide bonds. The second-order valence-corrected chi connectivity index (χ2v) is 5.70. The van der Waals surface area contributed by atoms with Crippen LogP contribution in [-0.4, -0.2) is 22.6 Å².